The predicted molar refractivity (Wildman–Crippen MR) is 89.7 cm³/mol. The molecule has 122 valence electrons. The Bertz CT molecular complexity index is 352. The molecule has 0 amide bonds. The quantitative estimate of drug-likeness (QED) is 0.792. The molecule has 0 N–H and O–H groups in total. The Balaban J connectivity index is 1.47. The average molecular weight is 293 g/mol. The molecule has 0 aromatic carbocycles. The standard InChI is InChI=1S/C18H35N3/c1-14(2)19-8-6-15(7-9-19)11-20-12-17-10-16(20)13-21(17)18(3,4)5/h14-17H,6-13H2,1-5H3/t16-,17-/m1/s1. The van der Waals surface area contributed by atoms with Crippen LogP contribution in [0.3, 0.4) is 0 Å². The summed E-state index contributed by atoms with van der Waals surface area (Å²) in [5.41, 5.74) is 0.355. The Morgan fingerprint density at radius 1 is 1.00 bits per heavy atom. The molecular formula is C18H35N3. The first-order valence-corrected chi connectivity index (χ1v) is 9.09. The zero-order chi connectivity index (χ0) is 15.2. The zero-order valence-corrected chi connectivity index (χ0v) is 14.8. The lowest BCUT2D eigenvalue weighted by Crippen LogP contribution is -2.54. The molecule has 3 saturated heterocycles. The summed E-state index contributed by atoms with van der Waals surface area (Å²) in [4.78, 5) is 8.21. The van der Waals surface area contributed by atoms with Crippen molar-refractivity contribution in [2.75, 3.05) is 32.7 Å². The molecule has 3 heteroatoms. The summed E-state index contributed by atoms with van der Waals surface area (Å²) in [5, 5.41) is 0. The van der Waals surface area contributed by atoms with E-state index in [1.165, 1.54) is 52.0 Å². The predicted octanol–water partition coefficient (Wildman–Crippen LogP) is 2.66. The lowest BCUT2D eigenvalue weighted by Gasteiger charge is -2.43. The van der Waals surface area contributed by atoms with Crippen molar-refractivity contribution in [3.05, 3.63) is 0 Å². The molecule has 3 nitrogen and oxygen atoms in total. The highest BCUT2D eigenvalue weighted by molar-refractivity contribution is 5.03. The third-order valence-corrected chi connectivity index (χ3v) is 6.09. The molecule has 2 bridgehead atoms. The highest BCUT2D eigenvalue weighted by Crippen LogP contribution is 2.36. The second-order valence-electron chi connectivity index (χ2n) is 8.89. The largest absolute Gasteiger partial charge is 0.301 e. The summed E-state index contributed by atoms with van der Waals surface area (Å²) < 4.78 is 0. The summed E-state index contributed by atoms with van der Waals surface area (Å²) in [6, 6.07) is 2.40. The minimum Gasteiger partial charge on any atom is -0.301 e. The van der Waals surface area contributed by atoms with Gasteiger partial charge in [0.1, 0.15) is 0 Å². The van der Waals surface area contributed by atoms with Gasteiger partial charge in [-0.15, -0.1) is 0 Å². The smallest absolute Gasteiger partial charge is 0.0244 e. The van der Waals surface area contributed by atoms with E-state index in [4.69, 9.17) is 0 Å². The number of likely N-dealkylation sites (tertiary alicyclic amines) is 3. The Morgan fingerprint density at radius 3 is 2.14 bits per heavy atom. The molecule has 0 aliphatic carbocycles. The molecule has 0 radical (unpaired) electrons. The highest BCUT2D eigenvalue weighted by atomic mass is 15.4. The monoisotopic (exact) mass is 293 g/mol. The highest BCUT2D eigenvalue weighted by Gasteiger charge is 2.46. The number of fused-ring (bicyclic) bond motifs is 2. The number of piperidine rings is 1. The average Bonchev–Trinajstić information content (AvgIpc) is 2.98. The summed E-state index contributed by atoms with van der Waals surface area (Å²) in [5.74, 6) is 0.947. The van der Waals surface area contributed by atoms with Gasteiger partial charge in [0.25, 0.3) is 0 Å². The van der Waals surface area contributed by atoms with Crippen LogP contribution in [0, 0.1) is 5.92 Å². The maximum atomic E-state index is 2.82. The Kier molecular flexibility index (Phi) is 4.37. The van der Waals surface area contributed by atoms with Crippen molar-refractivity contribution in [3.63, 3.8) is 0 Å². The molecule has 0 aromatic heterocycles. The van der Waals surface area contributed by atoms with Crippen LogP contribution in [0.2, 0.25) is 0 Å². The molecule has 3 aliphatic heterocycles. The van der Waals surface area contributed by atoms with Crippen LogP contribution in [0.15, 0.2) is 0 Å². The molecule has 2 atom stereocenters. The van der Waals surface area contributed by atoms with Gasteiger partial charge in [-0.2, -0.15) is 0 Å². The van der Waals surface area contributed by atoms with Crippen molar-refractivity contribution >= 4 is 0 Å². The summed E-state index contributed by atoms with van der Waals surface area (Å²) in [6.07, 6.45) is 4.24. The molecule has 3 aliphatic rings. The summed E-state index contributed by atoms with van der Waals surface area (Å²) in [6.45, 7) is 18.4. The van der Waals surface area contributed by atoms with Crippen LogP contribution in [-0.2, 0) is 0 Å². The molecule has 0 aromatic rings. The van der Waals surface area contributed by atoms with Crippen LogP contribution in [0.25, 0.3) is 0 Å². The minimum absolute atomic E-state index is 0.355. The van der Waals surface area contributed by atoms with Crippen molar-refractivity contribution in [2.45, 2.75) is 77.5 Å². The van der Waals surface area contributed by atoms with Crippen LogP contribution in [0.4, 0.5) is 0 Å². The molecule has 0 unspecified atom stereocenters. The van der Waals surface area contributed by atoms with E-state index in [2.05, 4.69) is 49.3 Å². The van der Waals surface area contributed by atoms with E-state index in [0.29, 0.717) is 5.54 Å². The number of nitrogens with zero attached hydrogens (tertiary/aromatic N) is 3. The van der Waals surface area contributed by atoms with Crippen molar-refractivity contribution in [1.82, 2.24) is 14.7 Å². The van der Waals surface area contributed by atoms with Gasteiger partial charge in [0.2, 0.25) is 0 Å². The van der Waals surface area contributed by atoms with Gasteiger partial charge in [0, 0.05) is 43.3 Å². The Morgan fingerprint density at radius 2 is 1.67 bits per heavy atom. The Labute approximate surface area is 131 Å². The number of piperazine rings is 1. The molecule has 3 heterocycles. The van der Waals surface area contributed by atoms with E-state index in [1.54, 1.807) is 0 Å². The van der Waals surface area contributed by atoms with Crippen molar-refractivity contribution in [2.24, 2.45) is 5.92 Å². The molecule has 21 heavy (non-hydrogen) atoms. The molecule has 0 spiro atoms. The van der Waals surface area contributed by atoms with E-state index in [0.717, 1.165) is 24.0 Å². The lowest BCUT2D eigenvalue weighted by atomic mass is 9.95. The normalized spacial score (nSPS) is 33.4. The van der Waals surface area contributed by atoms with Crippen LogP contribution in [0.5, 0.6) is 0 Å². The second kappa shape index (κ2) is 5.82. The first-order chi connectivity index (χ1) is 9.84. The van der Waals surface area contributed by atoms with Crippen LogP contribution in [-0.4, -0.2) is 71.1 Å². The van der Waals surface area contributed by atoms with Crippen LogP contribution >= 0.6 is 0 Å². The Hall–Kier alpha value is -0.120. The van der Waals surface area contributed by atoms with Crippen molar-refractivity contribution in [3.8, 4) is 0 Å². The molecule has 0 saturated carbocycles. The zero-order valence-electron chi connectivity index (χ0n) is 14.8. The number of hydrogen-bond acceptors (Lipinski definition) is 3. The molecule has 3 fully saturated rings. The topological polar surface area (TPSA) is 9.72 Å². The van der Waals surface area contributed by atoms with Crippen LogP contribution < -0.4 is 0 Å². The van der Waals surface area contributed by atoms with Crippen LogP contribution in [0.1, 0.15) is 53.9 Å². The van der Waals surface area contributed by atoms with Gasteiger partial charge in [0.05, 0.1) is 0 Å². The van der Waals surface area contributed by atoms with E-state index >= 15 is 0 Å². The fourth-order valence-corrected chi connectivity index (χ4v) is 4.78. The molecular weight excluding hydrogens is 258 g/mol. The third-order valence-electron chi connectivity index (χ3n) is 6.09. The fourth-order valence-electron chi connectivity index (χ4n) is 4.78. The second-order valence-corrected chi connectivity index (χ2v) is 8.89. The number of rotatable bonds is 3. The maximum absolute atomic E-state index is 2.82. The van der Waals surface area contributed by atoms with Gasteiger partial charge in [-0.25, -0.2) is 0 Å². The first-order valence-electron chi connectivity index (χ1n) is 9.09. The lowest BCUT2D eigenvalue weighted by molar-refractivity contribution is 0.0425. The third kappa shape index (κ3) is 3.30. The van der Waals surface area contributed by atoms with Gasteiger partial charge < -0.3 is 4.90 Å². The minimum atomic E-state index is 0.355. The summed E-state index contributed by atoms with van der Waals surface area (Å²) >= 11 is 0. The number of hydrogen-bond donors (Lipinski definition) is 0. The fraction of sp³-hybridized carbons (Fsp3) is 1.00. The SMILES string of the molecule is CC(C)N1CCC(CN2C[C@H]3C[C@@H]2CN3C(C)(C)C)CC1. The van der Waals surface area contributed by atoms with E-state index in [1.807, 2.05) is 0 Å². The van der Waals surface area contributed by atoms with Gasteiger partial charge >= 0.3 is 0 Å². The van der Waals surface area contributed by atoms with E-state index < -0.39 is 0 Å². The summed E-state index contributed by atoms with van der Waals surface area (Å²) in [7, 11) is 0. The maximum Gasteiger partial charge on any atom is 0.0244 e. The van der Waals surface area contributed by atoms with E-state index in [9.17, 15) is 0 Å². The van der Waals surface area contributed by atoms with Crippen molar-refractivity contribution < 1.29 is 0 Å². The first kappa shape index (κ1) is 15.8. The van der Waals surface area contributed by atoms with E-state index in [-0.39, 0.29) is 0 Å². The van der Waals surface area contributed by atoms with Crippen molar-refractivity contribution in [1.29, 1.82) is 0 Å². The van der Waals surface area contributed by atoms with Gasteiger partial charge in [-0.3, -0.25) is 9.80 Å². The van der Waals surface area contributed by atoms with Gasteiger partial charge in [-0.1, -0.05) is 0 Å². The van der Waals surface area contributed by atoms with Gasteiger partial charge in [0.15, 0.2) is 0 Å². The van der Waals surface area contributed by atoms with Gasteiger partial charge in [-0.05, 0) is 72.9 Å². The molecule has 3 rings (SSSR count).